The zero-order valence-electron chi connectivity index (χ0n) is 31.3. The number of benzene rings is 11. The Hall–Kier alpha value is -7.26. The van der Waals surface area contributed by atoms with Gasteiger partial charge in [0.1, 0.15) is 11.2 Å². The highest BCUT2D eigenvalue weighted by molar-refractivity contribution is 7.27. The van der Waals surface area contributed by atoms with Crippen LogP contribution in [0.1, 0.15) is 0 Å². The number of furan rings is 1. The van der Waals surface area contributed by atoms with Crippen molar-refractivity contribution >= 4 is 107 Å². The van der Waals surface area contributed by atoms with E-state index in [1.54, 1.807) is 0 Å². The monoisotopic (exact) mass is 752 g/mol. The predicted octanol–water partition coefficient (Wildman–Crippen LogP) is 16.7. The third-order valence-electron chi connectivity index (χ3n) is 12.4. The molecule has 58 heavy (non-hydrogen) atoms. The van der Waals surface area contributed by atoms with E-state index in [0.29, 0.717) is 0 Å². The van der Waals surface area contributed by atoms with Crippen LogP contribution in [0.2, 0.25) is 0 Å². The van der Waals surface area contributed by atoms with Gasteiger partial charge in [-0.3, -0.25) is 0 Å². The van der Waals surface area contributed by atoms with E-state index in [1.165, 1.54) is 118 Å². The molecule has 268 valence electrons. The van der Waals surface area contributed by atoms with Gasteiger partial charge < -0.3 is 4.42 Å². The smallest absolute Gasteiger partial charge is 0.136 e. The Morgan fingerprint density at radius 2 is 0.897 bits per heavy atom. The fourth-order valence-electron chi connectivity index (χ4n) is 9.89. The molecule has 0 unspecified atom stereocenters. The third kappa shape index (κ3) is 4.52. The minimum Gasteiger partial charge on any atom is -0.456 e. The van der Waals surface area contributed by atoms with Crippen LogP contribution in [0.4, 0.5) is 0 Å². The average Bonchev–Trinajstić information content (AvgIpc) is 3.86. The first-order chi connectivity index (χ1) is 28.8. The fourth-order valence-corrected chi connectivity index (χ4v) is 11.2. The maximum atomic E-state index is 6.30. The molecule has 0 amide bonds. The van der Waals surface area contributed by atoms with Crippen molar-refractivity contribution in [2.75, 3.05) is 0 Å². The minimum atomic E-state index is 0.937. The SMILES string of the molecule is c1ccc2c(-c3c4ccccc4c(-c4ccc5cc(-c6cc7sc8c(ccc9oc%10ccccc%10c98)c7c7ccccc67)ccc5c4)c4ccccc34)cccc2c1. The zero-order valence-corrected chi connectivity index (χ0v) is 32.1. The van der Waals surface area contributed by atoms with E-state index >= 15 is 0 Å². The molecular weight excluding hydrogens is 721 g/mol. The molecule has 0 atom stereocenters. The van der Waals surface area contributed by atoms with Crippen molar-refractivity contribution in [3.8, 4) is 33.4 Å². The van der Waals surface area contributed by atoms with E-state index in [4.69, 9.17) is 4.42 Å². The highest BCUT2D eigenvalue weighted by Crippen LogP contribution is 2.48. The van der Waals surface area contributed by atoms with E-state index < -0.39 is 0 Å². The highest BCUT2D eigenvalue weighted by atomic mass is 32.1. The van der Waals surface area contributed by atoms with Crippen molar-refractivity contribution < 1.29 is 4.42 Å². The zero-order chi connectivity index (χ0) is 37.9. The molecule has 0 spiro atoms. The van der Waals surface area contributed by atoms with Crippen LogP contribution in [0.25, 0.3) is 129 Å². The van der Waals surface area contributed by atoms with Crippen LogP contribution < -0.4 is 0 Å². The minimum absolute atomic E-state index is 0.937. The molecule has 0 aliphatic heterocycles. The van der Waals surface area contributed by atoms with Crippen molar-refractivity contribution in [1.29, 1.82) is 0 Å². The molecule has 2 heterocycles. The Labute approximate surface area is 337 Å². The molecule has 0 aliphatic rings. The Morgan fingerprint density at radius 1 is 0.310 bits per heavy atom. The maximum absolute atomic E-state index is 6.30. The first kappa shape index (κ1) is 31.9. The van der Waals surface area contributed by atoms with Crippen LogP contribution in [0, 0.1) is 0 Å². The maximum Gasteiger partial charge on any atom is 0.136 e. The summed E-state index contributed by atoms with van der Waals surface area (Å²) in [6.07, 6.45) is 0. The summed E-state index contributed by atoms with van der Waals surface area (Å²) in [5.41, 5.74) is 9.44. The van der Waals surface area contributed by atoms with Crippen molar-refractivity contribution in [2.45, 2.75) is 0 Å². The van der Waals surface area contributed by atoms with Gasteiger partial charge >= 0.3 is 0 Å². The number of fused-ring (bicyclic) bond motifs is 13. The van der Waals surface area contributed by atoms with Gasteiger partial charge in [-0.05, 0) is 124 Å². The molecule has 0 bridgehead atoms. The first-order valence-electron chi connectivity index (χ1n) is 19.9. The van der Waals surface area contributed by atoms with Crippen molar-refractivity contribution in [3.05, 3.63) is 194 Å². The summed E-state index contributed by atoms with van der Waals surface area (Å²) < 4.78 is 8.88. The van der Waals surface area contributed by atoms with Crippen LogP contribution >= 0.6 is 11.3 Å². The molecule has 0 N–H and O–H groups in total. The predicted molar refractivity (Wildman–Crippen MR) is 250 cm³/mol. The molecule has 0 radical (unpaired) electrons. The first-order valence-corrected chi connectivity index (χ1v) is 20.7. The molecule has 13 rings (SSSR count). The summed E-state index contributed by atoms with van der Waals surface area (Å²) in [5, 5.41) is 17.6. The van der Waals surface area contributed by atoms with Crippen LogP contribution in [-0.4, -0.2) is 0 Å². The lowest BCUT2D eigenvalue weighted by atomic mass is 9.84. The van der Waals surface area contributed by atoms with Gasteiger partial charge in [-0.1, -0.05) is 158 Å². The van der Waals surface area contributed by atoms with Crippen LogP contribution in [0.15, 0.2) is 199 Å². The van der Waals surface area contributed by atoms with Crippen LogP contribution in [0.5, 0.6) is 0 Å². The Balaban J connectivity index is 0.994. The van der Waals surface area contributed by atoms with E-state index in [9.17, 15) is 0 Å². The van der Waals surface area contributed by atoms with E-state index in [1.807, 2.05) is 17.4 Å². The molecule has 2 aromatic heterocycles. The molecule has 0 saturated carbocycles. The summed E-state index contributed by atoms with van der Waals surface area (Å²) in [5.74, 6) is 0. The Bertz CT molecular complexity index is 3800. The molecule has 0 saturated heterocycles. The lowest BCUT2D eigenvalue weighted by Gasteiger charge is -2.19. The second-order valence-electron chi connectivity index (χ2n) is 15.5. The Morgan fingerprint density at radius 3 is 1.66 bits per heavy atom. The molecular formula is C56H32OS. The van der Waals surface area contributed by atoms with Crippen molar-refractivity contribution in [1.82, 2.24) is 0 Å². The van der Waals surface area contributed by atoms with Gasteiger partial charge in [0.15, 0.2) is 0 Å². The Kier molecular flexibility index (Phi) is 6.66. The second kappa shape index (κ2) is 12.1. The van der Waals surface area contributed by atoms with Gasteiger partial charge in [0, 0.05) is 30.9 Å². The number of para-hydroxylation sites is 1. The number of hydrogen-bond acceptors (Lipinski definition) is 2. The lowest BCUT2D eigenvalue weighted by molar-refractivity contribution is 0.669. The highest BCUT2D eigenvalue weighted by Gasteiger charge is 2.20. The standard InChI is InChI=1S/C56H32OS/c1-2-14-38-33(12-1)13-11-22-40(38)53-44-19-7-5-17-42(44)52(43-18-6-8-20-45(43)53)37-27-25-34-30-36(26-24-35(34)31-37)48-32-51-54(41-16-4-3-15-39(41)48)47-28-29-50-55(56(47)58-51)46-21-9-10-23-49(46)57-50/h1-32H. The average molecular weight is 753 g/mol. The second-order valence-corrected chi connectivity index (χ2v) is 16.6. The van der Waals surface area contributed by atoms with Gasteiger partial charge in [0.25, 0.3) is 0 Å². The van der Waals surface area contributed by atoms with Gasteiger partial charge in [-0.15, -0.1) is 11.3 Å². The number of rotatable bonds is 3. The van der Waals surface area contributed by atoms with Gasteiger partial charge in [0.2, 0.25) is 0 Å². The molecule has 1 nitrogen and oxygen atoms in total. The molecule has 0 aliphatic carbocycles. The van der Waals surface area contributed by atoms with Crippen LogP contribution in [-0.2, 0) is 0 Å². The van der Waals surface area contributed by atoms with E-state index in [0.717, 1.165) is 11.2 Å². The summed E-state index contributed by atoms with van der Waals surface area (Å²) in [7, 11) is 0. The molecule has 11 aromatic carbocycles. The number of hydrogen-bond donors (Lipinski definition) is 0. The summed E-state index contributed by atoms with van der Waals surface area (Å²) in [6.45, 7) is 0. The van der Waals surface area contributed by atoms with Gasteiger partial charge in [0.05, 0.1) is 0 Å². The van der Waals surface area contributed by atoms with Gasteiger partial charge in [-0.25, -0.2) is 0 Å². The molecule has 2 heteroatoms. The summed E-state index contributed by atoms with van der Waals surface area (Å²) >= 11 is 1.88. The molecule has 0 fully saturated rings. The third-order valence-corrected chi connectivity index (χ3v) is 13.6. The van der Waals surface area contributed by atoms with Gasteiger partial charge in [-0.2, -0.15) is 0 Å². The summed E-state index contributed by atoms with van der Waals surface area (Å²) in [4.78, 5) is 0. The lowest BCUT2D eigenvalue weighted by Crippen LogP contribution is -1.91. The fraction of sp³-hybridized carbons (Fsp3) is 0. The van der Waals surface area contributed by atoms with E-state index in [2.05, 4.69) is 188 Å². The quantitative estimate of drug-likeness (QED) is 0.164. The van der Waals surface area contributed by atoms with Crippen LogP contribution in [0.3, 0.4) is 0 Å². The normalized spacial score (nSPS) is 12.1. The molecule has 13 aromatic rings. The van der Waals surface area contributed by atoms with Crippen molar-refractivity contribution in [2.24, 2.45) is 0 Å². The number of thiophene rings is 1. The van der Waals surface area contributed by atoms with E-state index in [-0.39, 0.29) is 0 Å². The topological polar surface area (TPSA) is 13.1 Å². The van der Waals surface area contributed by atoms with Crippen molar-refractivity contribution in [3.63, 3.8) is 0 Å². The summed E-state index contributed by atoms with van der Waals surface area (Å²) in [6, 6.07) is 71.5. The largest absolute Gasteiger partial charge is 0.456 e.